The molecule has 210 valence electrons. The van der Waals surface area contributed by atoms with Crippen molar-refractivity contribution in [3.63, 3.8) is 0 Å². The van der Waals surface area contributed by atoms with Crippen LogP contribution in [0.1, 0.15) is 103 Å². The predicted molar refractivity (Wildman–Crippen MR) is 165 cm³/mol. The van der Waals surface area contributed by atoms with Crippen molar-refractivity contribution in [3.8, 4) is 0 Å². The summed E-state index contributed by atoms with van der Waals surface area (Å²) in [6.45, 7) is 22.5. The Balaban J connectivity index is 0.00000110. The van der Waals surface area contributed by atoms with Crippen molar-refractivity contribution < 1.29 is 9.59 Å². The monoisotopic (exact) mass is 540 g/mol. The zero-order valence-corrected chi connectivity index (χ0v) is 25.7. The normalized spacial score (nSPS) is 17.1. The van der Waals surface area contributed by atoms with Crippen LogP contribution in [0.15, 0.2) is 48.4 Å². The summed E-state index contributed by atoms with van der Waals surface area (Å²) in [6, 6.07) is 9.48. The Labute approximate surface area is 235 Å². The van der Waals surface area contributed by atoms with Gasteiger partial charge < -0.3 is 5.32 Å². The highest BCUT2D eigenvalue weighted by atomic mass is 32.2. The summed E-state index contributed by atoms with van der Waals surface area (Å²) in [4.78, 5) is 29.7. The number of nitrogens with zero attached hydrogens (tertiary/aromatic N) is 3. The molecule has 7 heteroatoms. The van der Waals surface area contributed by atoms with E-state index in [9.17, 15) is 9.59 Å². The highest BCUT2D eigenvalue weighted by Gasteiger charge is 2.49. The molecule has 0 saturated heterocycles. The Morgan fingerprint density at radius 3 is 2.42 bits per heavy atom. The van der Waals surface area contributed by atoms with Crippen molar-refractivity contribution in [2.45, 2.75) is 106 Å². The number of unbranched alkanes of at least 4 members (excludes halogenated alkanes) is 1. The van der Waals surface area contributed by atoms with Gasteiger partial charge in [-0.2, -0.15) is 5.10 Å². The van der Waals surface area contributed by atoms with E-state index < -0.39 is 5.54 Å². The fourth-order valence-corrected chi connectivity index (χ4v) is 4.51. The van der Waals surface area contributed by atoms with Gasteiger partial charge in [0.15, 0.2) is 0 Å². The predicted octanol–water partition coefficient (Wildman–Crippen LogP) is 7.99. The van der Waals surface area contributed by atoms with Crippen molar-refractivity contribution in [2.24, 2.45) is 0 Å². The van der Waals surface area contributed by atoms with E-state index in [4.69, 9.17) is 0 Å². The van der Waals surface area contributed by atoms with Crippen LogP contribution in [-0.4, -0.2) is 33.2 Å². The van der Waals surface area contributed by atoms with Gasteiger partial charge in [0, 0.05) is 16.6 Å². The lowest BCUT2D eigenvalue weighted by Gasteiger charge is -2.43. The van der Waals surface area contributed by atoms with Crippen molar-refractivity contribution in [2.75, 3.05) is 4.90 Å². The molecule has 2 unspecified atom stereocenters. The van der Waals surface area contributed by atoms with Gasteiger partial charge in [0.2, 0.25) is 5.91 Å². The third kappa shape index (κ3) is 8.35. The average Bonchev–Trinajstić information content (AvgIpc) is 3.33. The summed E-state index contributed by atoms with van der Waals surface area (Å²) < 4.78 is 1.65. The average molecular weight is 541 g/mol. The number of carbonyl (C=O) groups excluding carboxylic acids is 2. The van der Waals surface area contributed by atoms with Crippen LogP contribution in [-0.2, 0) is 11.3 Å². The minimum atomic E-state index is -1.12. The van der Waals surface area contributed by atoms with Crippen LogP contribution in [0.4, 0.5) is 5.69 Å². The minimum absolute atomic E-state index is 0.0189. The Morgan fingerprint density at radius 2 is 1.87 bits per heavy atom. The Bertz CT molecular complexity index is 1090. The van der Waals surface area contributed by atoms with E-state index in [2.05, 4.69) is 37.8 Å². The van der Waals surface area contributed by atoms with Gasteiger partial charge in [0.1, 0.15) is 11.2 Å². The largest absolute Gasteiger partial charge is 0.352 e. The molecule has 38 heavy (non-hydrogen) atoms. The van der Waals surface area contributed by atoms with E-state index >= 15 is 0 Å². The molecule has 1 aliphatic rings. The quantitative estimate of drug-likeness (QED) is 0.350. The molecule has 0 fully saturated rings. The molecule has 3 rings (SSSR count). The van der Waals surface area contributed by atoms with E-state index in [1.54, 1.807) is 15.6 Å². The number of hydrogen-bond donors (Lipinski definition) is 1. The highest BCUT2D eigenvalue weighted by molar-refractivity contribution is 8.10. The van der Waals surface area contributed by atoms with Crippen LogP contribution in [0.3, 0.4) is 0 Å². The first-order chi connectivity index (χ1) is 18.1. The summed E-state index contributed by atoms with van der Waals surface area (Å²) >= 11 is 1.46. The molecule has 2 heterocycles. The summed E-state index contributed by atoms with van der Waals surface area (Å²) in [5.41, 5.74) is 1.70. The van der Waals surface area contributed by atoms with Crippen LogP contribution in [0.2, 0.25) is 0 Å². The first-order valence-corrected chi connectivity index (χ1v) is 14.8. The lowest BCUT2D eigenvalue weighted by Crippen LogP contribution is -2.65. The maximum absolute atomic E-state index is 13.7. The number of hydrogen-bond acceptors (Lipinski definition) is 4. The lowest BCUT2D eigenvalue weighted by atomic mass is 9.93. The van der Waals surface area contributed by atoms with E-state index in [0.717, 1.165) is 23.3 Å². The van der Waals surface area contributed by atoms with Crippen LogP contribution >= 0.6 is 11.8 Å². The molecule has 0 aliphatic carbocycles. The van der Waals surface area contributed by atoms with Crippen LogP contribution in [0.5, 0.6) is 0 Å². The molecular weight excluding hydrogens is 492 g/mol. The minimum Gasteiger partial charge on any atom is -0.352 e. The summed E-state index contributed by atoms with van der Waals surface area (Å²) in [5, 5.41) is 9.66. The zero-order chi connectivity index (χ0) is 28.9. The van der Waals surface area contributed by atoms with Crippen LogP contribution < -0.4 is 10.2 Å². The van der Waals surface area contributed by atoms with Crippen molar-refractivity contribution in [3.05, 3.63) is 65.3 Å². The molecule has 1 aromatic heterocycles. The molecule has 2 amide bonds. The summed E-state index contributed by atoms with van der Waals surface area (Å²) in [5.74, 6) is -0.427. The van der Waals surface area contributed by atoms with Crippen molar-refractivity contribution in [1.29, 1.82) is 0 Å². The van der Waals surface area contributed by atoms with Gasteiger partial charge in [-0.1, -0.05) is 90.4 Å². The number of aryl methyl sites for hydroxylation is 1. The molecule has 2 aromatic rings. The number of amides is 2. The fraction of sp³-hybridized carbons (Fsp3) is 0.516. The van der Waals surface area contributed by atoms with Gasteiger partial charge in [0.05, 0.1) is 12.2 Å². The smallest absolute Gasteiger partial charge is 0.277 e. The van der Waals surface area contributed by atoms with E-state index in [1.807, 2.05) is 77.3 Å². The number of carbonyl (C=O) groups is 2. The van der Waals surface area contributed by atoms with E-state index in [-0.39, 0.29) is 24.4 Å². The second-order valence-corrected chi connectivity index (χ2v) is 10.5. The fourth-order valence-electron chi connectivity index (χ4n) is 3.98. The molecule has 1 N–H and O–H groups in total. The SMILES string of the molecule is C=C(S/C=C\C)c1cc2n(n1)CC(C)(C(=O)NC(C)CCC)N(c1cccc(C)c1)C2=O.CC.CCCC. The first kappa shape index (κ1) is 33.2. The lowest BCUT2D eigenvalue weighted by molar-refractivity contribution is -0.127. The third-order valence-corrected chi connectivity index (χ3v) is 7.04. The van der Waals surface area contributed by atoms with Gasteiger partial charge in [-0.15, -0.1) is 0 Å². The molecular formula is C31H48N4O2S. The molecule has 0 spiro atoms. The van der Waals surface area contributed by atoms with Crippen LogP contribution in [0.25, 0.3) is 4.91 Å². The number of nitrogens with one attached hydrogen (secondary N) is 1. The Morgan fingerprint density at radius 1 is 1.21 bits per heavy atom. The number of benzene rings is 1. The van der Waals surface area contributed by atoms with Gasteiger partial charge in [-0.3, -0.25) is 19.2 Å². The molecule has 0 saturated carbocycles. The van der Waals surface area contributed by atoms with Gasteiger partial charge in [0.25, 0.3) is 5.91 Å². The number of anilines is 1. The highest BCUT2D eigenvalue weighted by Crippen LogP contribution is 2.35. The summed E-state index contributed by atoms with van der Waals surface area (Å²) in [6.07, 6.45) is 6.41. The molecule has 1 aliphatic heterocycles. The number of thioether (sulfide) groups is 1. The number of fused-ring (bicyclic) bond motifs is 1. The standard InChI is InChI=1S/C25H32N4O2S.C4H10.C2H6/c1-7-10-18(4)26-24(31)25(6)16-28-22(15-21(27-28)19(5)32-13-8-2)23(30)29(25)20-12-9-11-17(3)14-20;1-3-4-2;1-2/h8-9,11-15,18H,5,7,10,16H2,1-4,6H3,(H,26,31);3-4H2,1-2H3;1-2H3/b13-8-;;. The number of rotatable bonds is 9. The maximum Gasteiger partial charge on any atom is 0.277 e. The Hall–Kier alpha value is -2.80. The Kier molecular flexibility index (Phi) is 14.2. The van der Waals surface area contributed by atoms with Crippen molar-refractivity contribution in [1.82, 2.24) is 15.1 Å². The molecule has 6 nitrogen and oxygen atoms in total. The van der Waals surface area contributed by atoms with Crippen molar-refractivity contribution >= 4 is 34.2 Å². The number of aromatic nitrogens is 2. The summed E-state index contributed by atoms with van der Waals surface area (Å²) in [7, 11) is 0. The molecule has 2 atom stereocenters. The second-order valence-electron chi connectivity index (χ2n) is 9.50. The van der Waals surface area contributed by atoms with Gasteiger partial charge in [-0.05, 0) is 63.3 Å². The van der Waals surface area contributed by atoms with E-state index in [1.165, 1.54) is 24.6 Å². The van der Waals surface area contributed by atoms with Crippen LogP contribution in [0, 0.1) is 6.92 Å². The first-order valence-electron chi connectivity index (χ1n) is 13.9. The van der Waals surface area contributed by atoms with Gasteiger partial charge >= 0.3 is 0 Å². The number of allylic oxidation sites excluding steroid dienone is 1. The topological polar surface area (TPSA) is 67.2 Å². The zero-order valence-electron chi connectivity index (χ0n) is 24.9. The third-order valence-electron chi connectivity index (χ3n) is 6.13. The molecule has 0 radical (unpaired) electrons. The molecule has 0 bridgehead atoms. The van der Waals surface area contributed by atoms with Gasteiger partial charge in [-0.25, -0.2) is 0 Å². The maximum atomic E-state index is 13.7. The van der Waals surface area contributed by atoms with E-state index in [0.29, 0.717) is 17.1 Å². The molecule has 1 aromatic carbocycles. The second kappa shape index (κ2) is 16.2.